The first-order valence-corrected chi connectivity index (χ1v) is 11.4. The number of carbonyl (C=O) groups excluding carboxylic acids is 1. The highest BCUT2D eigenvalue weighted by Crippen LogP contribution is 2.33. The van der Waals surface area contributed by atoms with Gasteiger partial charge in [-0.3, -0.25) is 9.78 Å². The molecule has 2 N–H and O–H groups in total. The van der Waals surface area contributed by atoms with Crippen molar-refractivity contribution < 1.29 is 18.0 Å². The second kappa shape index (κ2) is 12.6. The van der Waals surface area contributed by atoms with Crippen molar-refractivity contribution in [2.45, 2.75) is 13.1 Å². The van der Waals surface area contributed by atoms with Crippen LogP contribution < -0.4 is 10.6 Å². The average Bonchev–Trinajstić information content (AvgIpc) is 3.35. The van der Waals surface area contributed by atoms with Gasteiger partial charge in [0.15, 0.2) is 0 Å². The van der Waals surface area contributed by atoms with E-state index in [9.17, 15) is 18.0 Å². The van der Waals surface area contributed by atoms with Crippen LogP contribution in [-0.2, 0) is 6.18 Å². The number of amides is 1. The van der Waals surface area contributed by atoms with E-state index >= 15 is 0 Å². The predicted octanol–water partition coefficient (Wildman–Crippen LogP) is 6.89. The van der Waals surface area contributed by atoms with Crippen LogP contribution in [-0.4, -0.2) is 30.4 Å². The molecule has 0 aliphatic rings. The molecule has 0 spiro atoms. The normalized spacial score (nSPS) is 10.7. The van der Waals surface area contributed by atoms with Gasteiger partial charge in [0, 0.05) is 59.2 Å². The van der Waals surface area contributed by atoms with Crippen LogP contribution in [0.1, 0.15) is 21.7 Å². The molecule has 0 aliphatic carbocycles. The van der Waals surface area contributed by atoms with Crippen LogP contribution in [0.4, 0.5) is 30.5 Å². The smallest absolute Gasteiger partial charge is 0.324 e. The summed E-state index contributed by atoms with van der Waals surface area (Å²) in [4.78, 5) is 29.7. The van der Waals surface area contributed by atoms with Gasteiger partial charge in [0.25, 0.3) is 5.91 Å². The van der Waals surface area contributed by atoms with Gasteiger partial charge in [0.05, 0.1) is 11.3 Å². The fourth-order valence-electron chi connectivity index (χ4n) is 3.77. The van der Waals surface area contributed by atoms with Crippen molar-refractivity contribution in [2.24, 2.45) is 0 Å². The number of halogens is 5. The van der Waals surface area contributed by atoms with Crippen LogP contribution in [0.15, 0.2) is 91.6 Å². The summed E-state index contributed by atoms with van der Waals surface area (Å²) >= 11 is 0. The first-order valence-electron chi connectivity index (χ1n) is 11.4. The van der Waals surface area contributed by atoms with E-state index < -0.39 is 17.6 Å². The Balaban J connectivity index is 0.00000220. The van der Waals surface area contributed by atoms with Crippen molar-refractivity contribution >= 4 is 48.0 Å². The van der Waals surface area contributed by atoms with Crippen molar-refractivity contribution in [1.82, 2.24) is 24.5 Å². The van der Waals surface area contributed by atoms with Crippen LogP contribution in [0, 0.1) is 6.92 Å². The van der Waals surface area contributed by atoms with E-state index in [-0.39, 0.29) is 41.8 Å². The van der Waals surface area contributed by atoms with Crippen molar-refractivity contribution in [3.8, 4) is 16.9 Å². The maximum atomic E-state index is 13.5. The molecule has 8 nitrogen and oxygen atoms in total. The Hall–Kier alpha value is -4.48. The number of carbonyl (C=O) groups is 1. The third-order valence-electron chi connectivity index (χ3n) is 5.62. The molecule has 13 heteroatoms. The van der Waals surface area contributed by atoms with Crippen LogP contribution in [0.3, 0.4) is 0 Å². The van der Waals surface area contributed by atoms with Gasteiger partial charge in [0.2, 0.25) is 5.95 Å². The van der Waals surface area contributed by atoms with Gasteiger partial charge in [-0.15, -0.1) is 24.8 Å². The molecular formula is C27H22Cl2F3N7O. The highest BCUT2D eigenvalue weighted by molar-refractivity contribution is 6.04. The fraction of sp³-hybridized carbons (Fsp3) is 0.0741. The van der Waals surface area contributed by atoms with Gasteiger partial charge in [0.1, 0.15) is 5.82 Å². The van der Waals surface area contributed by atoms with E-state index in [4.69, 9.17) is 0 Å². The molecule has 0 unspecified atom stereocenters. The molecule has 0 aliphatic heterocycles. The highest BCUT2D eigenvalue weighted by Gasteiger charge is 2.31. The third kappa shape index (κ3) is 6.93. The number of alkyl halides is 3. The second-order valence-corrected chi connectivity index (χ2v) is 8.27. The third-order valence-corrected chi connectivity index (χ3v) is 5.62. The van der Waals surface area contributed by atoms with Crippen LogP contribution in [0.25, 0.3) is 16.9 Å². The molecule has 2 aromatic carbocycles. The molecular weight excluding hydrogens is 566 g/mol. The van der Waals surface area contributed by atoms with Crippen molar-refractivity contribution in [2.75, 3.05) is 10.6 Å². The van der Waals surface area contributed by atoms with E-state index in [1.165, 1.54) is 16.8 Å². The standard InChI is InChI=1S/C27H20F3N7O.2ClH/c1-17-32-11-12-37(17)23-14-20(27(28,29)30)13-22(15-23)34-25(38)18-4-6-21(7-5-18)35-26-33-10-8-24(36-26)19-3-2-9-31-16-19;;/h2-16H,1H3,(H,34,38)(H,33,35,36);2*1H. The number of pyridine rings is 1. The lowest BCUT2D eigenvalue weighted by Crippen LogP contribution is -2.14. The largest absolute Gasteiger partial charge is 0.416 e. The lowest BCUT2D eigenvalue weighted by Gasteiger charge is -2.14. The van der Waals surface area contributed by atoms with E-state index in [1.54, 1.807) is 62.0 Å². The highest BCUT2D eigenvalue weighted by atomic mass is 35.5. The summed E-state index contributed by atoms with van der Waals surface area (Å²) in [5.41, 5.74) is 1.78. The van der Waals surface area contributed by atoms with Crippen LogP contribution in [0.2, 0.25) is 0 Å². The SMILES string of the molecule is Cc1nccn1-c1cc(NC(=O)c2ccc(Nc3nccc(-c4cccnc4)n3)cc2)cc(C(F)(F)F)c1.Cl.Cl. The first kappa shape index (κ1) is 30.1. The molecule has 206 valence electrons. The zero-order chi connectivity index (χ0) is 26.7. The van der Waals surface area contributed by atoms with Gasteiger partial charge < -0.3 is 15.2 Å². The molecule has 40 heavy (non-hydrogen) atoms. The summed E-state index contributed by atoms with van der Waals surface area (Å²) in [7, 11) is 0. The zero-order valence-corrected chi connectivity index (χ0v) is 22.4. The number of aryl methyl sites for hydroxylation is 1. The van der Waals surface area contributed by atoms with Gasteiger partial charge in [-0.25, -0.2) is 15.0 Å². The summed E-state index contributed by atoms with van der Waals surface area (Å²) in [6.45, 7) is 1.67. The number of imidazole rings is 1. The maximum absolute atomic E-state index is 13.5. The summed E-state index contributed by atoms with van der Waals surface area (Å²) in [6, 6.07) is 15.3. The second-order valence-electron chi connectivity index (χ2n) is 8.27. The first-order chi connectivity index (χ1) is 18.3. The average molecular weight is 588 g/mol. The topological polar surface area (TPSA) is 97.6 Å². The minimum atomic E-state index is -4.59. The minimum absolute atomic E-state index is 0. The Morgan fingerprint density at radius 2 is 1.68 bits per heavy atom. The van der Waals surface area contributed by atoms with Crippen molar-refractivity contribution in [3.05, 3.63) is 109 Å². The summed E-state index contributed by atoms with van der Waals surface area (Å²) in [5.74, 6) is 0.313. The predicted molar refractivity (Wildman–Crippen MR) is 151 cm³/mol. The lowest BCUT2D eigenvalue weighted by molar-refractivity contribution is -0.137. The Morgan fingerprint density at radius 1 is 0.900 bits per heavy atom. The Kier molecular flexibility index (Phi) is 9.46. The minimum Gasteiger partial charge on any atom is -0.324 e. The summed E-state index contributed by atoms with van der Waals surface area (Å²) in [5, 5.41) is 5.64. The molecule has 5 rings (SSSR count). The van der Waals surface area contributed by atoms with Gasteiger partial charge in [-0.05, 0) is 67.6 Å². The molecule has 3 heterocycles. The molecule has 0 saturated heterocycles. The number of rotatable bonds is 6. The Labute approximate surface area is 239 Å². The van der Waals surface area contributed by atoms with Crippen LogP contribution >= 0.6 is 24.8 Å². The molecule has 1 amide bonds. The number of hydrogen-bond acceptors (Lipinski definition) is 6. The van der Waals surface area contributed by atoms with E-state index in [1.807, 2.05) is 12.1 Å². The van der Waals surface area contributed by atoms with E-state index in [2.05, 4.69) is 30.6 Å². The number of aromatic nitrogens is 5. The zero-order valence-electron chi connectivity index (χ0n) is 20.8. The molecule has 0 radical (unpaired) electrons. The molecule has 0 fully saturated rings. The monoisotopic (exact) mass is 587 g/mol. The van der Waals surface area contributed by atoms with Crippen LogP contribution in [0.5, 0.6) is 0 Å². The van der Waals surface area contributed by atoms with Gasteiger partial charge in [-0.2, -0.15) is 13.2 Å². The van der Waals surface area contributed by atoms with Crippen molar-refractivity contribution in [3.63, 3.8) is 0 Å². The molecule has 3 aromatic heterocycles. The number of hydrogen-bond donors (Lipinski definition) is 2. The number of nitrogens with one attached hydrogen (secondary N) is 2. The maximum Gasteiger partial charge on any atom is 0.416 e. The quantitative estimate of drug-likeness (QED) is 0.224. The Morgan fingerprint density at radius 3 is 2.33 bits per heavy atom. The van der Waals surface area contributed by atoms with Gasteiger partial charge in [-0.1, -0.05) is 0 Å². The summed E-state index contributed by atoms with van der Waals surface area (Å²) in [6.07, 6.45) is 3.45. The number of nitrogens with zero attached hydrogens (tertiary/aromatic N) is 5. The van der Waals surface area contributed by atoms with Crippen molar-refractivity contribution in [1.29, 1.82) is 0 Å². The molecule has 0 saturated carbocycles. The fourth-order valence-corrected chi connectivity index (χ4v) is 3.77. The molecule has 0 atom stereocenters. The van der Waals surface area contributed by atoms with E-state index in [0.717, 1.165) is 17.7 Å². The van der Waals surface area contributed by atoms with Gasteiger partial charge >= 0.3 is 6.18 Å². The number of benzene rings is 2. The molecule has 5 aromatic rings. The summed E-state index contributed by atoms with van der Waals surface area (Å²) < 4.78 is 42.1. The molecule has 0 bridgehead atoms. The lowest BCUT2D eigenvalue weighted by atomic mass is 10.1. The van der Waals surface area contributed by atoms with E-state index in [0.29, 0.717) is 23.2 Å². The number of anilines is 3. The Bertz CT molecular complexity index is 1590.